The molecule has 0 bridgehead atoms. The molecule has 0 spiro atoms. The van der Waals surface area contributed by atoms with Crippen LogP contribution in [0.25, 0.3) is 0 Å². The molecule has 2 atom stereocenters. The number of hydrogen-bond acceptors (Lipinski definition) is 4. The monoisotopic (exact) mass is 263 g/mol. The highest BCUT2D eigenvalue weighted by molar-refractivity contribution is 5.45. The number of rotatable bonds is 4. The molecule has 1 saturated heterocycles. The van der Waals surface area contributed by atoms with Gasteiger partial charge in [-0.05, 0) is 38.3 Å². The van der Waals surface area contributed by atoms with Crippen LogP contribution in [-0.2, 0) is 4.74 Å². The van der Waals surface area contributed by atoms with Gasteiger partial charge in [-0.2, -0.15) is 0 Å². The van der Waals surface area contributed by atoms with E-state index in [-0.39, 0.29) is 11.6 Å². The van der Waals surface area contributed by atoms with Crippen LogP contribution in [0.4, 0.5) is 5.69 Å². The molecule has 0 aromatic carbocycles. The molecule has 1 aromatic rings. The van der Waals surface area contributed by atoms with Crippen LogP contribution >= 0.6 is 0 Å². The van der Waals surface area contributed by atoms with Gasteiger partial charge in [0.25, 0.3) is 0 Å². The van der Waals surface area contributed by atoms with Crippen molar-refractivity contribution in [2.24, 2.45) is 5.73 Å². The lowest BCUT2D eigenvalue weighted by Gasteiger charge is -2.40. The Kier molecular flexibility index (Phi) is 4.42. The van der Waals surface area contributed by atoms with E-state index in [2.05, 4.69) is 29.8 Å². The summed E-state index contributed by atoms with van der Waals surface area (Å²) in [6.45, 7) is 6.24. The maximum atomic E-state index is 5.99. The number of methoxy groups -OCH3 is 1. The zero-order chi connectivity index (χ0) is 13.9. The summed E-state index contributed by atoms with van der Waals surface area (Å²) in [5, 5.41) is 0. The Morgan fingerprint density at radius 1 is 1.53 bits per heavy atom. The van der Waals surface area contributed by atoms with E-state index in [4.69, 9.17) is 10.5 Å². The zero-order valence-corrected chi connectivity index (χ0v) is 12.2. The Hall–Kier alpha value is -1.13. The van der Waals surface area contributed by atoms with Crippen molar-refractivity contribution < 1.29 is 4.74 Å². The van der Waals surface area contributed by atoms with E-state index in [1.165, 1.54) is 0 Å². The van der Waals surface area contributed by atoms with Gasteiger partial charge in [-0.1, -0.05) is 6.92 Å². The van der Waals surface area contributed by atoms with E-state index in [9.17, 15) is 0 Å². The number of ether oxygens (including phenoxy) is 1. The van der Waals surface area contributed by atoms with Crippen LogP contribution in [0.3, 0.4) is 0 Å². The molecular formula is C15H25N3O. The summed E-state index contributed by atoms with van der Waals surface area (Å²) in [4.78, 5) is 6.84. The Balaban J connectivity index is 2.09. The summed E-state index contributed by atoms with van der Waals surface area (Å²) >= 11 is 0. The van der Waals surface area contributed by atoms with Gasteiger partial charge in [-0.15, -0.1) is 0 Å². The van der Waals surface area contributed by atoms with E-state index >= 15 is 0 Å². The third-order valence-corrected chi connectivity index (χ3v) is 4.11. The standard InChI is InChI=1S/C15H25N3O/c1-4-13(16)14-7-6-12(10-17-14)18-9-5-8-15(2,11-18)19-3/h6-7,10,13H,4-5,8-9,11,16H2,1-3H3/t13-,15?/m0/s1. The molecule has 2 heterocycles. The van der Waals surface area contributed by atoms with Gasteiger partial charge in [0.05, 0.1) is 23.2 Å². The van der Waals surface area contributed by atoms with E-state index in [1.54, 1.807) is 7.11 Å². The fourth-order valence-electron chi connectivity index (χ4n) is 2.61. The van der Waals surface area contributed by atoms with Gasteiger partial charge in [0, 0.05) is 26.2 Å². The maximum absolute atomic E-state index is 5.99. The third-order valence-electron chi connectivity index (χ3n) is 4.11. The normalized spacial score (nSPS) is 25.4. The van der Waals surface area contributed by atoms with Crippen molar-refractivity contribution in [2.45, 2.75) is 44.8 Å². The SMILES string of the molecule is CC[C@H](N)c1ccc(N2CCCC(C)(OC)C2)cn1. The molecule has 4 nitrogen and oxygen atoms in total. The molecule has 0 saturated carbocycles. The van der Waals surface area contributed by atoms with Gasteiger partial charge in [-0.3, -0.25) is 4.98 Å². The summed E-state index contributed by atoms with van der Waals surface area (Å²) in [7, 11) is 1.80. The summed E-state index contributed by atoms with van der Waals surface area (Å²) in [6, 6.07) is 4.21. The van der Waals surface area contributed by atoms with Crippen molar-refractivity contribution in [2.75, 3.05) is 25.1 Å². The molecule has 19 heavy (non-hydrogen) atoms. The Morgan fingerprint density at radius 2 is 2.32 bits per heavy atom. The van der Waals surface area contributed by atoms with Gasteiger partial charge < -0.3 is 15.4 Å². The second-order valence-corrected chi connectivity index (χ2v) is 5.64. The second-order valence-electron chi connectivity index (χ2n) is 5.64. The van der Waals surface area contributed by atoms with Crippen molar-refractivity contribution in [3.63, 3.8) is 0 Å². The smallest absolute Gasteiger partial charge is 0.0825 e. The van der Waals surface area contributed by atoms with E-state index in [0.717, 1.165) is 43.7 Å². The highest BCUT2D eigenvalue weighted by Crippen LogP contribution is 2.28. The Bertz CT molecular complexity index is 406. The van der Waals surface area contributed by atoms with Crippen molar-refractivity contribution >= 4 is 5.69 Å². The van der Waals surface area contributed by atoms with E-state index in [1.807, 2.05) is 12.3 Å². The zero-order valence-electron chi connectivity index (χ0n) is 12.2. The maximum Gasteiger partial charge on any atom is 0.0825 e. The quantitative estimate of drug-likeness (QED) is 0.907. The third kappa shape index (κ3) is 3.25. The molecular weight excluding hydrogens is 238 g/mol. The summed E-state index contributed by atoms with van der Waals surface area (Å²) < 4.78 is 5.63. The van der Waals surface area contributed by atoms with Gasteiger partial charge >= 0.3 is 0 Å². The first-order valence-corrected chi connectivity index (χ1v) is 7.09. The van der Waals surface area contributed by atoms with E-state index < -0.39 is 0 Å². The summed E-state index contributed by atoms with van der Waals surface area (Å²) in [5.41, 5.74) is 8.08. The first-order valence-electron chi connectivity index (χ1n) is 7.09. The molecule has 0 radical (unpaired) electrons. The number of pyridine rings is 1. The lowest BCUT2D eigenvalue weighted by Crippen LogP contribution is -2.47. The lowest BCUT2D eigenvalue weighted by atomic mass is 9.94. The first-order chi connectivity index (χ1) is 9.08. The van der Waals surface area contributed by atoms with Crippen LogP contribution < -0.4 is 10.6 Å². The fourth-order valence-corrected chi connectivity index (χ4v) is 2.61. The van der Waals surface area contributed by atoms with Crippen molar-refractivity contribution in [1.29, 1.82) is 0 Å². The summed E-state index contributed by atoms with van der Waals surface area (Å²) in [6.07, 6.45) is 5.12. The predicted molar refractivity (Wildman–Crippen MR) is 78.3 cm³/mol. The highest BCUT2D eigenvalue weighted by atomic mass is 16.5. The number of hydrogen-bond donors (Lipinski definition) is 1. The molecule has 1 aromatic heterocycles. The molecule has 2 N–H and O–H groups in total. The van der Waals surface area contributed by atoms with Gasteiger partial charge in [0.15, 0.2) is 0 Å². The number of nitrogens with zero attached hydrogens (tertiary/aromatic N) is 2. The number of piperidine rings is 1. The minimum absolute atomic E-state index is 0.0413. The molecule has 0 aliphatic carbocycles. The van der Waals surface area contributed by atoms with Crippen LogP contribution in [0.15, 0.2) is 18.3 Å². The Labute approximate surface area is 116 Å². The number of aromatic nitrogens is 1. The molecule has 0 amide bonds. The average Bonchev–Trinajstić information content (AvgIpc) is 2.46. The molecule has 1 unspecified atom stereocenters. The molecule has 1 aliphatic heterocycles. The minimum atomic E-state index is -0.0449. The summed E-state index contributed by atoms with van der Waals surface area (Å²) in [5.74, 6) is 0. The molecule has 1 aliphatic rings. The lowest BCUT2D eigenvalue weighted by molar-refractivity contribution is -0.00466. The topological polar surface area (TPSA) is 51.4 Å². The van der Waals surface area contributed by atoms with Gasteiger partial charge in [0.2, 0.25) is 0 Å². The number of anilines is 1. The molecule has 2 rings (SSSR count). The van der Waals surface area contributed by atoms with Gasteiger partial charge in [-0.25, -0.2) is 0 Å². The predicted octanol–water partition coefficient (Wildman–Crippen LogP) is 2.50. The van der Waals surface area contributed by atoms with Gasteiger partial charge in [0.1, 0.15) is 0 Å². The van der Waals surface area contributed by atoms with Crippen LogP contribution in [0.5, 0.6) is 0 Å². The number of nitrogens with two attached hydrogens (primary N) is 1. The highest BCUT2D eigenvalue weighted by Gasteiger charge is 2.30. The van der Waals surface area contributed by atoms with Crippen molar-refractivity contribution in [3.05, 3.63) is 24.0 Å². The molecule has 4 heteroatoms. The Morgan fingerprint density at radius 3 is 2.89 bits per heavy atom. The van der Waals surface area contributed by atoms with Crippen LogP contribution in [0.2, 0.25) is 0 Å². The largest absolute Gasteiger partial charge is 0.377 e. The average molecular weight is 263 g/mol. The van der Waals surface area contributed by atoms with Crippen LogP contribution in [0.1, 0.15) is 44.8 Å². The minimum Gasteiger partial charge on any atom is -0.377 e. The fraction of sp³-hybridized carbons (Fsp3) is 0.667. The van der Waals surface area contributed by atoms with Crippen molar-refractivity contribution in [3.8, 4) is 0 Å². The first kappa shape index (κ1) is 14.3. The van der Waals surface area contributed by atoms with Crippen molar-refractivity contribution in [1.82, 2.24) is 4.98 Å². The molecule has 1 fully saturated rings. The molecule has 106 valence electrons. The second kappa shape index (κ2) is 5.88. The van der Waals surface area contributed by atoms with Crippen LogP contribution in [0, 0.1) is 0 Å². The van der Waals surface area contributed by atoms with E-state index in [0.29, 0.717) is 0 Å². The van der Waals surface area contributed by atoms with Crippen LogP contribution in [-0.4, -0.2) is 30.8 Å².